The zero-order valence-corrected chi connectivity index (χ0v) is 10.9. The van der Waals surface area contributed by atoms with Gasteiger partial charge < -0.3 is 38.5 Å². The van der Waals surface area contributed by atoms with E-state index in [-0.39, 0.29) is 18.9 Å². The lowest BCUT2D eigenvalue weighted by Gasteiger charge is -1.71. The molecule has 10 nitrogen and oxygen atoms in total. The Hall–Kier alpha value is -1.75. The Bertz CT molecular complexity index is 145. The largest absolute Gasteiger partial charge is 0.481 e. The van der Waals surface area contributed by atoms with Gasteiger partial charge >= 0.3 is 0 Å². The molecule has 0 heterocycles. The number of carbonyl (C=O) groups is 3. The van der Waals surface area contributed by atoms with Crippen molar-refractivity contribution in [1.82, 2.24) is 12.3 Å². The number of nitrogens with two attached hydrogens (primary N) is 1. The van der Waals surface area contributed by atoms with Crippen LogP contribution >= 0.6 is 0 Å². The minimum atomic E-state index is -0.833. The molecule has 0 bridgehead atoms. The van der Waals surface area contributed by atoms with Gasteiger partial charge in [0, 0.05) is 27.3 Å². The van der Waals surface area contributed by atoms with Crippen LogP contribution in [0.5, 0.6) is 0 Å². The van der Waals surface area contributed by atoms with Crippen LogP contribution in [0.2, 0.25) is 0 Å². The molecular formula is C8H25N3O7. The maximum Gasteiger partial charge on any atom is 0.300 e. The second kappa shape index (κ2) is 36.2. The van der Waals surface area contributed by atoms with E-state index in [1.165, 1.54) is 0 Å². The second-order valence-corrected chi connectivity index (χ2v) is 2.07. The van der Waals surface area contributed by atoms with Crippen molar-refractivity contribution in [3.05, 3.63) is 0 Å². The van der Waals surface area contributed by atoms with Crippen molar-refractivity contribution < 1.29 is 34.8 Å². The van der Waals surface area contributed by atoms with Crippen LogP contribution in [0.15, 0.2) is 0 Å². The van der Waals surface area contributed by atoms with E-state index in [9.17, 15) is 0 Å². The summed E-state index contributed by atoms with van der Waals surface area (Å²) in [6, 6.07) is 0. The van der Waals surface area contributed by atoms with Crippen LogP contribution in [0, 0.1) is 0 Å². The van der Waals surface area contributed by atoms with Crippen LogP contribution in [0.1, 0.15) is 20.8 Å². The Kier molecular flexibility index (Phi) is 72.3. The molecule has 0 rings (SSSR count). The lowest BCUT2D eigenvalue weighted by molar-refractivity contribution is -0.135. The molecule has 0 saturated carbocycles. The van der Waals surface area contributed by atoms with Gasteiger partial charge in [0.05, 0.1) is 6.61 Å². The highest BCUT2D eigenvalue weighted by Gasteiger charge is 1.66. The fourth-order valence-corrected chi connectivity index (χ4v) is 0. The maximum atomic E-state index is 9.00. The van der Waals surface area contributed by atoms with E-state index >= 15 is 0 Å². The highest BCUT2D eigenvalue weighted by molar-refractivity contribution is 5.63. The van der Waals surface area contributed by atoms with E-state index in [4.69, 9.17) is 40.5 Å². The van der Waals surface area contributed by atoms with E-state index < -0.39 is 17.9 Å². The number of aliphatic hydroxyl groups is 1. The zero-order valence-electron chi connectivity index (χ0n) is 10.9. The Balaban J connectivity index is -0.0000000257. The third-order valence-electron chi connectivity index (χ3n) is 0.129. The molecule has 0 atom stereocenters. The molecule has 0 aliphatic rings. The molecule has 0 fully saturated rings. The predicted molar refractivity (Wildman–Crippen MR) is 66.1 cm³/mol. The molecule has 114 valence electrons. The molecule has 0 aliphatic heterocycles. The number of aliphatic carboxylic acids is 3. The zero-order chi connectivity index (χ0) is 14.1. The summed E-state index contributed by atoms with van der Waals surface area (Å²) in [5.74, 6) is -2.50. The number of hydrogen-bond acceptors (Lipinski definition) is 7. The minimum absolute atomic E-state index is 0. The summed E-state index contributed by atoms with van der Waals surface area (Å²) in [7, 11) is 0. The first-order chi connectivity index (χ1) is 7.11. The average Bonchev–Trinajstić information content (AvgIpc) is 2.00. The molecule has 12 N–H and O–H groups in total. The van der Waals surface area contributed by atoms with Crippen LogP contribution in [-0.2, 0) is 14.4 Å². The van der Waals surface area contributed by atoms with Crippen molar-refractivity contribution in [2.45, 2.75) is 20.8 Å². The average molecular weight is 275 g/mol. The van der Waals surface area contributed by atoms with Crippen LogP contribution in [0.3, 0.4) is 0 Å². The van der Waals surface area contributed by atoms with E-state index in [1.54, 1.807) is 0 Å². The Morgan fingerprint density at radius 3 is 0.889 bits per heavy atom. The van der Waals surface area contributed by atoms with Gasteiger partial charge in [0.1, 0.15) is 0 Å². The second-order valence-electron chi connectivity index (χ2n) is 2.07. The third kappa shape index (κ3) is 4450. The summed E-state index contributed by atoms with van der Waals surface area (Å²) in [4.78, 5) is 27.0. The Morgan fingerprint density at radius 2 is 0.889 bits per heavy atom. The smallest absolute Gasteiger partial charge is 0.300 e. The molecule has 0 spiro atoms. The lowest BCUT2D eigenvalue weighted by atomic mass is 10.8. The number of aliphatic hydroxyl groups excluding tert-OH is 1. The summed E-state index contributed by atoms with van der Waals surface area (Å²) >= 11 is 0. The first-order valence-electron chi connectivity index (χ1n) is 4.01. The fraction of sp³-hybridized carbons (Fsp3) is 0.625. The summed E-state index contributed by atoms with van der Waals surface area (Å²) in [6.07, 6.45) is 0. The van der Waals surface area contributed by atoms with Crippen LogP contribution in [0.4, 0.5) is 0 Å². The first-order valence-corrected chi connectivity index (χ1v) is 4.01. The van der Waals surface area contributed by atoms with Crippen LogP contribution in [-0.4, -0.2) is 51.5 Å². The molecule has 0 aromatic heterocycles. The summed E-state index contributed by atoms with van der Waals surface area (Å²) in [5, 5.41) is 30.0. The molecule has 0 aromatic rings. The van der Waals surface area contributed by atoms with Gasteiger partial charge in [-0.05, 0) is 0 Å². The molecule has 18 heavy (non-hydrogen) atoms. The Labute approximate surface area is 106 Å². The van der Waals surface area contributed by atoms with Crippen molar-refractivity contribution in [2.75, 3.05) is 13.2 Å². The minimum Gasteiger partial charge on any atom is -0.481 e. The van der Waals surface area contributed by atoms with E-state index in [1.807, 2.05) is 0 Å². The van der Waals surface area contributed by atoms with Crippen molar-refractivity contribution in [2.24, 2.45) is 5.73 Å². The van der Waals surface area contributed by atoms with Gasteiger partial charge in [0.15, 0.2) is 0 Å². The van der Waals surface area contributed by atoms with Gasteiger partial charge in [0.2, 0.25) is 0 Å². The number of carboxylic acids is 3. The highest BCUT2D eigenvalue weighted by Crippen LogP contribution is 1.42. The Morgan fingerprint density at radius 1 is 0.833 bits per heavy atom. The van der Waals surface area contributed by atoms with Gasteiger partial charge in [-0.3, -0.25) is 14.4 Å². The van der Waals surface area contributed by atoms with Crippen molar-refractivity contribution in [3.8, 4) is 0 Å². The van der Waals surface area contributed by atoms with Crippen molar-refractivity contribution in [1.29, 1.82) is 0 Å². The van der Waals surface area contributed by atoms with Crippen LogP contribution in [0.25, 0.3) is 0 Å². The van der Waals surface area contributed by atoms with Gasteiger partial charge in [-0.1, -0.05) is 0 Å². The van der Waals surface area contributed by atoms with E-state index in [2.05, 4.69) is 0 Å². The van der Waals surface area contributed by atoms with Gasteiger partial charge in [-0.15, -0.1) is 0 Å². The molecule has 0 radical (unpaired) electrons. The van der Waals surface area contributed by atoms with Gasteiger partial charge in [-0.2, -0.15) is 0 Å². The first kappa shape index (κ1) is 36.0. The number of hydrogen-bond donors (Lipinski definition) is 7. The van der Waals surface area contributed by atoms with Crippen LogP contribution < -0.4 is 18.0 Å². The summed E-state index contributed by atoms with van der Waals surface area (Å²) in [6.45, 7) is 3.72. The fourth-order valence-electron chi connectivity index (χ4n) is 0. The molecule has 0 aromatic carbocycles. The molecular weight excluding hydrogens is 250 g/mol. The monoisotopic (exact) mass is 275 g/mol. The summed E-state index contributed by atoms with van der Waals surface area (Å²) in [5.41, 5.74) is 4.78. The maximum absolute atomic E-state index is 9.00. The SMILES string of the molecule is CC(=O)O.CC(=O)O.CC(=O)O.N.N.NCCO. The van der Waals surface area contributed by atoms with E-state index in [0.29, 0.717) is 6.54 Å². The molecule has 10 heteroatoms. The molecule has 0 saturated heterocycles. The van der Waals surface area contributed by atoms with Crippen molar-refractivity contribution in [3.63, 3.8) is 0 Å². The lowest BCUT2D eigenvalue weighted by Crippen LogP contribution is -2.02. The van der Waals surface area contributed by atoms with Gasteiger partial charge in [-0.25, -0.2) is 0 Å². The molecule has 0 unspecified atom stereocenters. The van der Waals surface area contributed by atoms with Crippen molar-refractivity contribution >= 4 is 17.9 Å². The topological polar surface area (TPSA) is 228 Å². The van der Waals surface area contributed by atoms with E-state index in [0.717, 1.165) is 20.8 Å². The molecule has 0 amide bonds. The third-order valence-corrected chi connectivity index (χ3v) is 0.129. The quantitative estimate of drug-likeness (QED) is 0.325. The normalized spacial score (nSPS) is 5.83. The van der Waals surface area contributed by atoms with Gasteiger partial charge in [0.25, 0.3) is 17.9 Å². The standard InChI is InChI=1S/C2H7NO.3C2H4O2.2H3N/c3-1-2-4;3*1-2(3)4;;/h4H,1-3H2;3*1H3,(H,3,4);2*1H3. The highest BCUT2D eigenvalue weighted by atomic mass is 16.4. The molecule has 0 aliphatic carbocycles. The predicted octanol–water partition coefficient (Wildman–Crippen LogP) is -0.466. The number of rotatable bonds is 1. The summed E-state index contributed by atoms with van der Waals surface area (Å²) < 4.78 is 0. The number of carboxylic acid groups (broad SMARTS) is 3.